The van der Waals surface area contributed by atoms with Crippen LogP contribution in [0.15, 0.2) is 0 Å². The van der Waals surface area contributed by atoms with E-state index in [0.29, 0.717) is 11.5 Å². The first-order valence-corrected chi connectivity index (χ1v) is 6.52. The summed E-state index contributed by atoms with van der Waals surface area (Å²) >= 11 is 0. The molecular weight excluding hydrogens is 190 g/mol. The molecule has 0 unspecified atom stereocenters. The normalized spacial score (nSPS) is 26.2. The van der Waals surface area contributed by atoms with E-state index < -0.39 is 9.84 Å². The fourth-order valence-corrected chi connectivity index (χ4v) is 2.75. The Morgan fingerprint density at radius 1 is 1.00 bits per heavy atom. The highest BCUT2D eigenvalue weighted by atomic mass is 32.2. The highest BCUT2D eigenvalue weighted by molar-refractivity contribution is 7.91. The Morgan fingerprint density at radius 3 is 1.69 bits per heavy atom. The third-order valence-electron chi connectivity index (χ3n) is 2.01. The number of hydrogen-bond acceptors (Lipinski definition) is 4. The molecule has 5 heteroatoms. The van der Waals surface area contributed by atoms with E-state index in [0.717, 1.165) is 39.1 Å². The topological polar surface area (TPSA) is 55.4 Å². The Bertz CT molecular complexity index is 198. The first-order chi connectivity index (χ1) is 6.21. The number of ether oxygens (including phenoxy) is 1. The van der Waals surface area contributed by atoms with Crippen molar-refractivity contribution in [1.29, 1.82) is 0 Å². The quantitative estimate of drug-likeness (QED) is 0.598. The maximum atomic E-state index is 10.4. The molecule has 0 aromatic carbocycles. The van der Waals surface area contributed by atoms with Crippen molar-refractivity contribution >= 4 is 9.84 Å². The highest BCUT2D eigenvalue weighted by Crippen LogP contribution is 2.08. The molecule has 0 amide bonds. The lowest BCUT2D eigenvalue weighted by molar-refractivity contribution is 0.109. The van der Waals surface area contributed by atoms with Gasteiger partial charge in [0.05, 0.1) is 24.7 Å². The molecule has 0 atom stereocenters. The van der Waals surface area contributed by atoms with Gasteiger partial charge >= 0.3 is 0 Å². The van der Waals surface area contributed by atoms with E-state index in [1.54, 1.807) is 0 Å². The maximum absolute atomic E-state index is 10.4. The molecule has 13 heavy (non-hydrogen) atoms. The second-order valence-corrected chi connectivity index (χ2v) is 5.52. The van der Waals surface area contributed by atoms with Crippen molar-refractivity contribution in [3.05, 3.63) is 0 Å². The molecule has 2 fully saturated rings. The smallest absolute Gasteiger partial charge is 0.150 e. The van der Waals surface area contributed by atoms with E-state index in [2.05, 4.69) is 5.32 Å². The number of sulfone groups is 1. The minimum Gasteiger partial charge on any atom is -0.379 e. The number of rotatable bonds is 0. The van der Waals surface area contributed by atoms with Gasteiger partial charge in [0.2, 0.25) is 0 Å². The van der Waals surface area contributed by atoms with Gasteiger partial charge in [-0.3, -0.25) is 0 Å². The lowest BCUT2D eigenvalue weighted by Gasteiger charge is -2.10. The minimum atomic E-state index is -2.55. The van der Waals surface area contributed by atoms with Crippen LogP contribution in [0.3, 0.4) is 0 Å². The van der Waals surface area contributed by atoms with E-state index >= 15 is 0 Å². The molecular formula is C8H17NO3S. The van der Waals surface area contributed by atoms with Crippen LogP contribution in [0.5, 0.6) is 0 Å². The molecule has 0 aromatic heterocycles. The molecule has 2 heterocycles. The Morgan fingerprint density at radius 2 is 1.54 bits per heavy atom. The number of nitrogens with one attached hydrogen (secondary N) is 1. The molecule has 2 saturated heterocycles. The van der Waals surface area contributed by atoms with E-state index in [9.17, 15) is 8.42 Å². The van der Waals surface area contributed by atoms with Crippen LogP contribution in [0.2, 0.25) is 0 Å². The zero-order chi connectivity index (χ0) is 9.57. The molecule has 0 spiro atoms. The van der Waals surface area contributed by atoms with Gasteiger partial charge in [0.25, 0.3) is 0 Å². The van der Waals surface area contributed by atoms with Gasteiger partial charge in [-0.15, -0.1) is 0 Å². The Labute approximate surface area is 79.6 Å². The summed E-state index contributed by atoms with van der Waals surface area (Å²) in [6.45, 7) is 3.83. The average Bonchev–Trinajstić information content (AvgIpc) is 2.54. The van der Waals surface area contributed by atoms with E-state index in [-0.39, 0.29) is 0 Å². The van der Waals surface area contributed by atoms with Crippen LogP contribution < -0.4 is 5.32 Å². The van der Waals surface area contributed by atoms with E-state index in [1.807, 2.05) is 0 Å². The van der Waals surface area contributed by atoms with Crippen molar-refractivity contribution in [1.82, 2.24) is 5.32 Å². The zero-order valence-electron chi connectivity index (χ0n) is 7.79. The van der Waals surface area contributed by atoms with Crippen LogP contribution >= 0.6 is 0 Å². The van der Waals surface area contributed by atoms with Crippen LogP contribution in [-0.4, -0.2) is 46.2 Å². The summed E-state index contributed by atoms with van der Waals surface area (Å²) in [5.41, 5.74) is 0. The van der Waals surface area contributed by atoms with Gasteiger partial charge in [0.1, 0.15) is 9.84 Å². The molecule has 0 aromatic rings. The van der Waals surface area contributed by atoms with Crippen LogP contribution in [0.1, 0.15) is 12.8 Å². The minimum absolute atomic E-state index is 0.424. The lowest BCUT2D eigenvalue weighted by atomic mass is 10.4. The van der Waals surface area contributed by atoms with Crippen molar-refractivity contribution in [3.63, 3.8) is 0 Å². The SMILES string of the molecule is C1COCCN1.O=S1(=O)CCCC1. The third-order valence-corrected chi connectivity index (χ3v) is 3.83. The molecule has 2 aliphatic heterocycles. The number of hydrogen-bond donors (Lipinski definition) is 1. The third kappa shape index (κ3) is 5.23. The van der Waals surface area contributed by atoms with Gasteiger partial charge in [-0.2, -0.15) is 0 Å². The van der Waals surface area contributed by atoms with E-state index in [4.69, 9.17) is 4.74 Å². The van der Waals surface area contributed by atoms with Crippen molar-refractivity contribution < 1.29 is 13.2 Å². The summed E-state index contributed by atoms with van der Waals surface area (Å²) < 4.78 is 25.9. The molecule has 78 valence electrons. The van der Waals surface area contributed by atoms with Gasteiger partial charge in [0.15, 0.2) is 0 Å². The second-order valence-electron chi connectivity index (χ2n) is 3.22. The van der Waals surface area contributed by atoms with Crippen molar-refractivity contribution in [2.75, 3.05) is 37.8 Å². The fourth-order valence-electron chi connectivity index (χ4n) is 1.26. The molecule has 2 aliphatic rings. The largest absolute Gasteiger partial charge is 0.379 e. The second kappa shape index (κ2) is 5.57. The summed E-state index contributed by atoms with van der Waals surface area (Å²) in [7, 11) is -2.55. The predicted octanol–water partition coefficient (Wildman–Crippen LogP) is -0.199. The molecule has 0 radical (unpaired) electrons. The van der Waals surface area contributed by atoms with Crippen LogP contribution in [0.4, 0.5) is 0 Å². The molecule has 0 bridgehead atoms. The highest BCUT2D eigenvalue weighted by Gasteiger charge is 2.16. The first-order valence-electron chi connectivity index (χ1n) is 4.70. The summed E-state index contributed by atoms with van der Waals surface area (Å²) in [4.78, 5) is 0. The lowest BCUT2D eigenvalue weighted by Crippen LogP contribution is -2.30. The molecule has 4 nitrogen and oxygen atoms in total. The van der Waals surface area contributed by atoms with E-state index in [1.165, 1.54) is 0 Å². The van der Waals surface area contributed by atoms with Gasteiger partial charge in [-0.1, -0.05) is 0 Å². The monoisotopic (exact) mass is 207 g/mol. The van der Waals surface area contributed by atoms with Crippen molar-refractivity contribution in [2.45, 2.75) is 12.8 Å². The summed E-state index contributed by atoms with van der Waals surface area (Å²) in [5.74, 6) is 0.847. The molecule has 1 N–H and O–H groups in total. The Balaban J connectivity index is 0.000000132. The zero-order valence-corrected chi connectivity index (χ0v) is 8.61. The Hall–Kier alpha value is -0.130. The number of morpholine rings is 1. The van der Waals surface area contributed by atoms with Crippen molar-refractivity contribution in [3.8, 4) is 0 Å². The summed E-state index contributed by atoms with van der Waals surface area (Å²) in [6, 6.07) is 0. The predicted molar refractivity (Wildman–Crippen MR) is 51.6 cm³/mol. The summed E-state index contributed by atoms with van der Waals surface area (Å²) in [5, 5.41) is 3.16. The van der Waals surface area contributed by atoms with Gasteiger partial charge in [0, 0.05) is 13.1 Å². The van der Waals surface area contributed by atoms with Gasteiger partial charge in [-0.25, -0.2) is 8.42 Å². The summed E-state index contributed by atoms with van der Waals surface area (Å²) in [6.07, 6.45) is 1.75. The van der Waals surface area contributed by atoms with Gasteiger partial charge < -0.3 is 10.1 Å². The van der Waals surface area contributed by atoms with Crippen LogP contribution in [0.25, 0.3) is 0 Å². The maximum Gasteiger partial charge on any atom is 0.150 e. The van der Waals surface area contributed by atoms with Crippen LogP contribution in [-0.2, 0) is 14.6 Å². The average molecular weight is 207 g/mol. The first kappa shape index (κ1) is 10.9. The Kier molecular flexibility index (Phi) is 4.69. The molecule has 0 aliphatic carbocycles. The van der Waals surface area contributed by atoms with Crippen LogP contribution in [0, 0.1) is 0 Å². The molecule has 0 saturated carbocycles. The van der Waals surface area contributed by atoms with Crippen molar-refractivity contribution in [2.24, 2.45) is 0 Å². The molecule has 2 rings (SSSR count). The standard InChI is InChI=1S/C4H9NO.C4H8O2S/c1-3-6-4-2-5-1;5-7(6)3-1-2-4-7/h5H,1-4H2;1-4H2. The fraction of sp³-hybridized carbons (Fsp3) is 1.00. The van der Waals surface area contributed by atoms with Gasteiger partial charge in [-0.05, 0) is 12.8 Å².